The summed E-state index contributed by atoms with van der Waals surface area (Å²) in [5, 5.41) is 7.66. The molecule has 0 saturated carbocycles. The van der Waals surface area contributed by atoms with E-state index in [2.05, 4.69) is 224 Å². The van der Waals surface area contributed by atoms with Gasteiger partial charge in [0.1, 0.15) is 5.82 Å². The minimum Gasteiger partial charge on any atom is -0.307 e. The van der Waals surface area contributed by atoms with Crippen LogP contribution in [0.15, 0.2) is 219 Å². The Morgan fingerprint density at radius 2 is 1.07 bits per heavy atom. The van der Waals surface area contributed by atoms with E-state index in [9.17, 15) is 0 Å². The van der Waals surface area contributed by atoms with E-state index < -0.39 is 8.07 Å². The molecule has 0 radical (unpaired) electrons. The van der Waals surface area contributed by atoms with Crippen LogP contribution in [0.1, 0.15) is 25.0 Å². The quantitative estimate of drug-likeness (QED) is 0.119. The van der Waals surface area contributed by atoms with Crippen LogP contribution in [0.2, 0.25) is 0 Å². The number of benzene rings is 7. The molecule has 0 atom stereocenters. The van der Waals surface area contributed by atoms with Crippen molar-refractivity contribution in [3.63, 3.8) is 0 Å². The fourth-order valence-corrected chi connectivity index (χ4v) is 14.7. The maximum absolute atomic E-state index is 5.27. The topological polar surface area (TPSA) is 34.0 Å². The first kappa shape index (κ1) is 35.8. The van der Waals surface area contributed by atoms with Gasteiger partial charge in [-0.3, -0.25) is 9.88 Å². The molecule has 286 valence electrons. The summed E-state index contributed by atoms with van der Waals surface area (Å²) in [6.07, 6.45) is 3.82. The summed E-state index contributed by atoms with van der Waals surface area (Å²) in [4.78, 5) is 12.5. The normalized spacial score (nSPS) is 13.3. The average Bonchev–Trinajstić information content (AvgIpc) is 3.66. The van der Waals surface area contributed by atoms with E-state index in [0.717, 1.165) is 34.1 Å². The Bertz CT molecular complexity index is 3140. The molecule has 0 spiro atoms. The Kier molecular flexibility index (Phi) is 8.46. The number of fused-ring (bicyclic) bond motifs is 6. The predicted molar refractivity (Wildman–Crippen MR) is 252 cm³/mol. The molecule has 60 heavy (non-hydrogen) atoms. The van der Waals surface area contributed by atoms with E-state index >= 15 is 0 Å². The molecule has 11 rings (SSSR count). The van der Waals surface area contributed by atoms with Gasteiger partial charge >= 0.3 is 0 Å². The molecular weight excluding hydrogens is 745 g/mol. The van der Waals surface area contributed by atoms with Crippen LogP contribution in [0, 0.1) is 0 Å². The highest BCUT2D eigenvalue weighted by molar-refractivity contribution is 7.20. The van der Waals surface area contributed by atoms with E-state index in [1.54, 1.807) is 0 Å². The van der Waals surface area contributed by atoms with Gasteiger partial charge in [0.05, 0.1) is 22.4 Å². The lowest BCUT2D eigenvalue weighted by molar-refractivity contribution is 0.628. The molecule has 10 aromatic rings. The molecule has 1 aliphatic heterocycles. The molecule has 3 aromatic heterocycles. The number of hydrogen-bond donors (Lipinski definition) is 0. The van der Waals surface area contributed by atoms with E-state index in [-0.39, 0.29) is 5.41 Å². The zero-order chi connectivity index (χ0) is 40.3. The third-order valence-corrected chi connectivity index (χ3v) is 17.4. The number of rotatable bonds is 7. The van der Waals surface area contributed by atoms with Crippen LogP contribution in [0.25, 0.3) is 38.8 Å². The third-order valence-electron chi connectivity index (χ3n) is 12.6. The van der Waals surface area contributed by atoms with Gasteiger partial charge in [0.25, 0.3) is 0 Å². The first-order chi connectivity index (χ1) is 29.5. The number of aromatic nitrogens is 3. The number of nitrogens with zero attached hydrogens (tertiary/aromatic N) is 4. The van der Waals surface area contributed by atoms with Gasteiger partial charge in [0, 0.05) is 51.1 Å². The van der Waals surface area contributed by atoms with Crippen LogP contribution < -0.4 is 25.6 Å². The van der Waals surface area contributed by atoms with Crippen LogP contribution in [0.3, 0.4) is 0 Å². The summed E-state index contributed by atoms with van der Waals surface area (Å²) in [6.45, 7) is 4.69. The van der Waals surface area contributed by atoms with Crippen molar-refractivity contribution in [2.75, 3.05) is 4.90 Å². The lowest BCUT2D eigenvalue weighted by Gasteiger charge is -2.42. The molecule has 0 N–H and O–H groups in total. The molecule has 4 heterocycles. The fraction of sp³-hybridized carbons (Fsp3) is 0.0545. The van der Waals surface area contributed by atoms with Gasteiger partial charge in [-0.15, -0.1) is 0 Å². The van der Waals surface area contributed by atoms with E-state index in [1.165, 1.54) is 53.7 Å². The maximum Gasteiger partial charge on any atom is 0.179 e. The van der Waals surface area contributed by atoms with Crippen molar-refractivity contribution in [2.45, 2.75) is 19.3 Å². The summed E-state index contributed by atoms with van der Waals surface area (Å²) < 4.78 is 2.46. The van der Waals surface area contributed by atoms with Crippen molar-refractivity contribution >= 4 is 67.8 Å². The van der Waals surface area contributed by atoms with Gasteiger partial charge in [-0.05, 0) is 74.8 Å². The SMILES string of the molecule is CC1(C)c2cccnc2N(c2cccc([Si](c3ccccc3)(c3ccccc3)c3cccc(-c4ccccn4)c3)c2)c2c1ccc1c3ccccc3n(-c3ccccc3)c21. The van der Waals surface area contributed by atoms with Gasteiger partial charge in [-0.25, -0.2) is 4.98 Å². The number of anilines is 3. The highest BCUT2D eigenvalue weighted by Gasteiger charge is 2.44. The Balaban J connectivity index is 1.24. The number of hydrogen-bond acceptors (Lipinski definition) is 3. The van der Waals surface area contributed by atoms with Crippen LogP contribution in [-0.4, -0.2) is 22.6 Å². The molecule has 4 nitrogen and oxygen atoms in total. The molecule has 1 aliphatic rings. The minimum absolute atomic E-state index is 0.322. The Morgan fingerprint density at radius 1 is 0.450 bits per heavy atom. The summed E-state index contributed by atoms with van der Waals surface area (Å²) in [7, 11) is -2.99. The second-order valence-electron chi connectivity index (χ2n) is 16.2. The third kappa shape index (κ3) is 5.43. The van der Waals surface area contributed by atoms with Gasteiger partial charge in [-0.1, -0.05) is 172 Å². The van der Waals surface area contributed by atoms with Crippen molar-refractivity contribution in [3.05, 3.63) is 230 Å². The van der Waals surface area contributed by atoms with Crippen molar-refractivity contribution in [1.29, 1.82) is 0 Å². The molecule has 0 unspecified atom stereocenters. The summed E-state index contributed by atoms with van der Waals surface area (Å²) >= 11 is 0. The van der Waals surface area contributed by atoms with Crippen LogP contribution in [0.4, 0.5) is 17.2 Å². The van der Waals surface area contributed by atoms with E-state index in [1.807, 2.05) is 18.5 Å². The first-order valence-electron chi connectivity index (χ1n) is 20.7. The van der Waals surface area contributed by atoms with Gasteiger partial charge in [-0.2, -0.15) is 0 Å². The van der Waals surface area contributed by atoms with Crippen molar-refractivity contribution in [2.24, 2.45) is 0 Å². The van der Waals surface area contributed by atoms with Crippen LogP contribution in [-0.2, 0) is 5.41 Å². The summed E-state index contributed by atoms with van der Waals surface area (Å²) in [5.41, 5.74) is 9.92. The smallest absolute Gasteiger partial charge is 0.179 e. The highest BCUT2D eigenvalue weighted by Crippen LogP contribution is 2.54. The van der Waals surface area contributed by atoms with Crippen LogP contribution in [0.5, 0.6) is 0 Å². The molecule has 0 saturated heterocycles. The first-order valence-corrected chi connectivity index (χ1v) is 22.7. The Morgan fingerprint density at radius 3 is 1.80 bits per heavy atom. The average molecular weight is 787 g/mol. The maximum atomic E-state index is 5.27. The molecular formula is C55H42N4Si. The van der Waals surface area contributed by atoms with E-state index in [0.29, 0.717) is 0 Å². The fourth-order valence-electron chi connectivity index (χ4n) is 9.88. The Labute approximate surface area is 351 Å². The monoisotopic (exact) mass is 786 g/mol. The number of para-hydroxylation sites is 2. The standard InChI is InChI=1S/C55H42N4Si/c1-55(2)48-34-33-47-46-29-12-13-32-51(46)58(40-20-6-3-7-21-40)52(47)53(48)59(54-49(55)30-18-36-57-54)41-22-17-28-45(38-41)60(42-23-8-4-9-24-42,43-25-10-5-11-26-43)44-27-16-19-39(37-44)50-31-14-15-35-56-50/h3-38H,1-2H3. The second-order valence-corrected chi connectivity index (χ2v) is 20.0. The molecule has 0 amide bonds. The Hall–Kier alpha value is -7.34. The van der Waals surface area contributed by atoms with Gasteiger partial charge < -0.3 is 4.57 Å². The van der Waals surface area contributed by atoms with Crippen molar-refractivity contribution in [3.8, 4) is 16.9 Å². The zero-order valence-corrected chi connectivity index (χ0v) is 34.6. The molecule has 0 aliphatic carbocycles. The lowest BCUT2D eigenvalue weighted by atomic mass is 9.74. The summed E-state index contributed by atoms with van der Waals surface area (Å²) in [6, 6.07) is 75.6. The van der Waals surface area contributed by atoms with Gasteiger partial charge in [0.15, 0.2) is 8.07 Å². The zero-order valence-electron chi connectivity index (χ0n) is 33.6. The largest absolute Gasteiger partial charge is 0.307 e. The van der Waals surface area contributed by atoms with Gasteiger partial charge in [0.2, 0.25) is 0 Å². The minimum atomic E-state index is -2.99. The molecule has 0 fully saturated rings. The van der Waals surface area contributed by atoms with E-state index in [4.69, 9.17) is 9.97 Å². The second kappa shape index (κ2) is 14.2. The molecule has 7 aromatic carbocycles. The van der Waals surface area contributed by atoms with Crippen LogP contribution >= 0.6 is 0 Å². The van der Waals surface area contributed by atoms with Crippen molar-refractivity contribution < 1.29 is 0 Å². The molecule has 0 bridgehead atoms. The van der Waals surface area contributed by atoms with Crippen molar-refractivity contribution in [1.82, 2.24) is 14.5 Å². The highest BCUT2D eigenvalue weighted by atomic mass is 28.3. The molecule has 5 heteroatoms. The lowest BCUT2D eigenvalue weighted by Crippen LogP contribution is -2.74. The predicted octanol–water partition coefficient (Wildman–Crippen LogP) is 10.7. The summed E-state index contributed by atoms with van der Waals surface area (Å²) in [5.74, 6) is 0.952. The number of pyridine rings is 2.